The molecule has 4 aromatic rings. The highest BCUT2D eigenvalue weighted by molar-refractivity contribution is 6.00. The molecule has 0 spiro atoms. The highest BCUT2D eigenvalue weighted by atomic mass is 16.7. The van der Waals surface area contributed by atoms with E-state index >= 15 is 0 Å². The number of nitrogens with one attached hydrogen (secondary N) is 1. The number of benzene rings is 2. The Morgan fingerprint density at radius 2 is 1.91 bits per heavy atom. The van der Waals surface area contributed by atoms with Crippen LogP contribution in [0.5, 0.6) is 11.5 Å². The van der Waals surface area contributed by atoms with Gasteiger partial charge in [0.15, 0.2) is 11.5 Å². The predicted molar refractivity (Wildman–Crippen MR) is 128 cm³/mol. The van der Waals surface area contributed by atoms with E-state index in [0.29, 0.717) is 22.7 Å². The van der Waals surface area contributed by atoms with Crippen LogP contribution in [0.1, 0.15) is 19.4 Å². The van der Waals surface area contributed by atoms with Gasteiger partial charge in [0.05, 0.1) is 5.52 Å². The van der Waals surface area contributed by atoms with E-state index in [1.807, 2.05) is 30.3 Å². The molecule has 2 aromatic heterocycles. The standard InChI is InChI=1S/C25H24N6O4/c1-25(2,24(33)27-18-9-10-21-22(12-18)35-16-34-21)30(14-17-6-5-11-26-13-17)23(32)15-31-20-8-4-3-7-19(20)28-29-31/h3-13H,14-16H2,1-2H3,(H,27,33). The topological polar surface area (TPSA) is 111 Å². The Kier molecular flexibility index (Phi) is 5.77. The maximum absolute atomic E-state index is 13.6. The van der Waals surface area contributed by atoms with Crippen LogP contribution in [0.3, 0.4) is 0 Å². The second-order valence-electron chi connectivity index (χ2n) is 8.66. The van der Waals surface area contributed by atoms with Gasteiger partial charge < -0.3 is 19.7 Å². The van der Waals surface area contributed by atoms with Gasteiger partial charge in [-0.15, -0.1) is 5.10 Å². The van der Waals surface area contributed by atoms with Crippen molar-refractivity contribution in [3.63, 3.8) is 0 Å². The zero-order valence-corrected chi connectivity index (χ0v) is 19.3. The summed E-state index contributed by atoms with van der Waals surface area (Å²) in [5.41, 5.74) is 1.57. The Labute approximate surface area is 201 Å². The Balaban J connectivity index is 1.41. The SMILES string of the molecule is CC(C)(C(=O)Nc1ccc2c(c1)OCO2)N(Cc1cccnc1)C(=O)Cn1nnc2ccccc21. The van der Waals surface area contributed by atoms with Crippen LogP contribution in [-0.4, -0.2) is 49.0 Å². The third-order valence-corrected chi connectivity index (χ3v) is 5.93. The highest BCUT2D eigenvalue weighted by Gasteiger charge is 2.38. The van der Waals surface area contributed by atoms with Crippen LogP contribution in [-0.2, 0) is 22.7 Å². The summed E-state index contributed by atoms with van der Waals surface area (Å²) in [4.78, 5) is 32.8. The second-order valence-corrected chi connectivity index (χ2v) is 8.66. The van der Waals surface area contributed by atoms with Crippen molar-refractivity contribution < 1.29 is 19.1 Å². The maximum atomic E-state index is 13.6. The van der Waals surface area contributed by atoms with Gasteiger partial charge in [-0.3, -0.25) is 14.6 Å². The maximum Gasteiger partial charge on any atom is 0.249 e. The van der Waals surface area contributed by atoms with Gasteiger partial charge in [-0.05, 0) is 49.7 Å². The zero-order valence-electron chi connectivity index (χ0n) is 19.3. The van der Waals surface area contributed by atoms with E-state index < -0.39 is 5.54 Å². The molecule has 178 valence electrons. The molecule has 10 heteroatoms. The van der Waals surface area contributed by atoms with Crippen molar-refractivity contribution >= 4 is 28.5 Å². The quantitative estimate of drug-likeness (QED) is 0.440. The minimum Gasteiger partial charge on any atom is -0.454 e. The number of amides is 2. The fourth-order valence-electron chi connectivity index (χ4n) is 3.90. The number of hydrogen-bond donors (Lipinski definition) is 1. The molecule has 1 N–H and O–H groups in total. The van der Waals surface area contributed by atoms with E-state index in [9.17, 15) is 9.59 Å². The molecule has 1 aliphatic heterocycles. The molecule has 5 rings (SSSR count). The highest BCUT2D eigenvalue weighted by Crippen LogP contribution is 2.34. The normalized spacial score (nSPS) is 12.5. The van der Waals surface area contributed by atoms with E-state index in [-0.39, 0.29) is 31.7 Å². The van der Waals surface area contributed by atoms with Crippen molar-refractivity contribution in [2.24, 2.45) is 0 Å². The number of nitrogens with zero attached hydrogens (tertiary/aromatic N) is 5. The molecule has 2 aromatic carbocycles. The molecular weight excluding hydrogens is 448 g/mol. The second kappa shape index (κ2) is 9.05. The Morgan fingerprint density at radius 1 is 1.09 bits per heavy atom. The third kappa shape index (κ3) is 4.50. The first kappa shape index (κ1) is 22.3. The van der Waals surface area contributed by atoms with Gasteiger partial charge >= 0.3 is 0 Å². The molecule has 0 fully saturated rings. The van der Waals surface area contributed by atoms with Crippen molar-refractivity contribution in [3.05, 3.63) is 72.6 Å². The summed E-state index contributed by atoms with van der Waals surface area (Å²) in [5.74, 6) is 0.546. The number of pyridine rings is 1. The van der Waals surface area contributed by atoms with E-state index in [0.717, 1.165) is 11.1 Å². The zero-order chi connectivity index (χ0) is 24.4. The lowest BCUT2D eigenvalue weighted by atomic mass is 9.99. The summed E-state index contributed by atoms with van der Waals surface area (Å²) in [6, 6.07) is 16.2. The summed E-state index contributed by atoms with van der Waals surface area (Å²) in [6.45, 7) is 3.69. The lowest BCUT2D eigenvalue weighted by Crippen LogP contribution is -2.55. The molecule has 0 aliphatic carbocycles. The fraction of sp³-hybridized carbons (Fsp3) is 0.240. The van der Waals surface area contributed by atoms with Gasteiger partial charge in [0, 0.05) is 30.7 Å². The van der Waals surface area contributed by atoms with Gasteiger partial charge in [-0.25, -0.2) is 4.68 Å². The largest absolute Gasteiger partial charge is 0.454 e. The molecule has 0 atom stereocenters. The fourth-order valence-corrected chi connectivity index (χ4v) is 3.90. The molecule has 0 unspecified atom stereocenters. The van der Waals surface area contributed by atoms with Crippen LogP contribution in [0.4, 0.5) is 5.69 Å². The van der Waals surface area contributed by atoms with Gasteiger partial charge in [0.25, 0.3) is 0 Å². The molecule has 0 radical (unpaired) electrons. The Bertz CT molecular complexity index is 1390. The van der Waals surface area contributed by atoms with Crippen molar-refractivity contribution in [3.8, 4) is 11.5 Å². The van der Waals surface area contributed by atoms with Crippen molar-refractivity contribution in [2.75, 3.05) is 12.1 Å². The molecule has 2 amide bonds. The van der Waals surface area contributed by atoms with E-state index in [4.69, 9.17) is 9.47 Å². The Morgan fingerprint density at radius 3 is 2.74 bits per heavy atom. The molecule has 1 aliphatic rings. The number of carbonyl (C=O) groups excluding carboxylic acids is 2. The molecule has 0 saturated carbocycles. The number of rotatable bonds is 7. The molecular formula is C25H24N6O4. The van der Waals surface area contributed by atoms with Crippen molar-refractivity contribution in [1.29, 1.82) is 0 Å². The van der Waals surface area contributed by atoms with Gasteiger partial charge in [0.1, 0.15) is 17.6 Å². The molecule has 3 heterocycles. The van der Waals surface area contributed by atoms with Crippen LogP contribution >= 0.6 is 0 Å². The number of para-hydroxylation sites is 1. The summed E-state index contributed by atoms with van der Waals surface area (Å²) in [6.07, 6.45) is 3.34. The van der Waals surface area contributed by atoms with Crippen molar-refractivity contribution in [2.45, 2.75) is 32.5 Å². The van der Waals surface area contributed by atoms with E-state index in [1.54, 1.807) is 55.2 Å². The van der Waals surface area contributed by atoms with Crippen LogP contribution < -0.4 is 14.8 Å². The lowest BCUT2D eigenvalue weighted by Gasteiger charge is -2.37. The minimum atomic E-state index is -1.21. The summed E-state index contributed by atoms with van der Waals surface area (Å²) in [5, 5.41) is 11.2. The smallest absolute Gasteiger partial charge is 0.249 e. The number of hydrogen-bond acceptors (Lipinski definition) is 7. The first-order valence-corrected chi connectivity index (χ1v) is 11.1. The van der Waals surface area contributed by atoms with Crippen LogP contribution in [0.25, 0.3) is 11.0 Å². The molecule has 0 saturated heterocycles. The Hall–Kier alpha value is -4.47. The number of anilines is 1. The van der Waals surface area contributed by atoms with E-state index in [1.165, 1.54) is 4.90 Å². The first-order valence-electron chi connectivity index (χ1n) is 11.1. The summed E-state index contributed by atoms with van der Waals surface area (Å²) < 4.78 is 12.3. The van der Waals surface area contributed by atoms with Crippen LogP contribution in [0, 0.1) is 0 Å². The number of ether oxygens (including phenoxy) is 2. The monoisotopic (exact) mass is 472 g/mol. The molecule has 10 nitrogen and oxygen atoms in total. The van der Waals surface area contributed by atoms with Gasteiger partial charge in [-0.2, -0.15) is 0 Å². The van der Waals surface area contributed by atoms with Gasteiger partial charge in [-0.1, -0.05) is 23.4 Å². The third-order valence-electron chi connectivity index (χ3n) is 5.93. The predicted octanol–water partition coefficient (Wildman–Crippen LogP) is 3.00. The number of fused-ring (bicyclic) bond motifs is 2. The number of carbonyl (C=O) groups is 2. The molecule has 35 heavy (non-hydrogen) atoms. The molecule has 0 bridgehead atoms. The minimum absolute atomic E-state index is 0.0679. The van der Waals surface area contributed by atoms with E-state index in [2.05, 4.69) is 20.6 Å². The lowest BCUT2D eigenvalue weighted by molar-refractivity contribution is -0.145. The average Bonchev–Trinajstić information content (AvgIpc) is 3.50. The number of aromatic nitrogens is 4. The summed E-state index contributed by atoms with van der Waals surface area (Å²) >= 11 is 0. The summed E-state index contributed by atoms with van der Waals surface area (Å²) in [7, 11) is 0. The average molecular weight is 473 g/mol. The van der Waals surface area contributed by atoms with Crippen LogP contribution in [0.2, 0.25) is 0 Å². The van der Waals surface area contributed by atoms with Gasteiger partial charge in [0.2, 0.25) is 18.6 Å². The van der Waals surface area contributed by atoms with Crippen molar-refractivity contribution in [1.82, 2.24) is 24.9 Å². The van der Waals surface area contributed by atoms with Crippen LogP contribution in [0.15, 0.2) is 67.0 Å². The first-order chi connectivity index (χ1) is 16.9.